The van der Waals surface area contributed by atoms with E-state index in [4.69, 9.17) is 0 Å². The molecule has 3 nitrogen and oxygen atoms in total. The summed E-state index contributed by atoms with van der Waals surface area (Å²) in [6, 6.07) is 12.2. The average Bonchev–Trinajstić information content (AvgIpc) is 2.48. The summed E-state index contributed by atoms with van der Waals surface area (Å²) in [6.07, 6.45) is 0.256. The zero-order valence-electron chi connectivity index (χ0n) is 11.4. The Kier molecular flexibility index (Phi) is 5.26. The van der Waals surface area contributed by atoms with Crippen LogP contribution in [0.5, 0.6) is 0 Å². The van der Waals surface area contributed by atoms with Crippen molar-refractivity contribution in [3.05, 3.63) is 65.7 Å². The van der Waals surface area contributed by atoms with Crippen molar-refractivity contribution in [3.8, 4) is 0 Å². The number of carbonyl (C=O) groups is 1. The summed E-state index contributed by atoms with van der Waals surface area (Å²) in [7, 11) is 0. The first kappa shape index (κ1) is 15.0. The molecule has 0 aromatic heterocycles. The molecule has 0 unspecified atom stereocenters. The minimum absolute atomic E-state index is 0.169. The summed E-state index contributed by atoms with van der Waals surface area (Å²) in [5.74, 6) is -0.807. The van der Waals surface area contributed by atoms with Crippen molar-refractivity contribution < 1.29 is 13.6 Å². The number of benzene rings is 2. The standard InChI is InChI=1S/C16H16F2N2O/c17-13-5-7-14(8-6-13)19-10-9-16(21)20-11-12-3-1-2-4-15(12)18/h1-8,19H,9-11H2,(H,20,21). The van der Waals surface area contributed by atoms with Crippen molar-refractivity contribution in [3.63, 3.8) is 0 Å². The Balaban J connectivity index is 1.70. The van der Waals surface area contributed by atoms with Gasteiger partial charge in [0.2, 0.25) is 5.91 Å². The molecule has 0 atom stereocenters. The number of rotatable bonds is 6. The first-order valence-electron chi connectivity index (χ1n) is 6.65. The minimum atomic E-state index is -0.331. The zero-order valence-corrected chi connectivity index (χ0v) is 11.4. The molecule has 0 heterocycles. The molecule has 2 aromatic carbocycles. The number of hydrogen-bond donors (Lipinski definition) is 2. The van der Waals surface area contributed by atoms with E-state index in [2.05, 4.69) is 10.6 Å². The summed E-state index contributed by atoms with van der Waals surface area (Å²) in [4.78, 5) is 11.6. The highest BCUT2D eigenvalue weighted by Crippen LogP contribution is 2.08. The van der Waals surface area contributed by atoms with Crippen LogP contribution in [0, 0.1) is 11.6 Å². The van der Waals surface area contributed by atoms with E-state index in [0.717, 1.165) is 5.69 Å². The maximum Gasteiger partial charge on any atom is 0.222 e. The van der Waals surface area contributed by atoms with Gasteiger partial charge < -0.3 is 10.6 Å². The van der Waals surface area contributed by atoms with Crippen LogP contribution >= 0.6 is 0 Å². The van der Waals surface area contributed by atoms with Crippen LogP contribution in [0.1, 0.15) is 12.0 Å². The summed E-state index contributed by atoms with van der Waals surface area (Å²) < 4.78 is 26.1. The van der Waals surface area contributed by atoms with E-state index in [1.54, 1.807) is 30.3 Å². The highest BCUT2D eigenvalue weighted by Gasteiger charge is 2.04. The highest BCUT2D eigenvalue weighted by molar-refractivity contribution is 5.76. The molecule has 0 saturated heterocycles. The lowest BCUT2D eigenvalue weighted by molar-refractivity contribution is -0.121. The summed E-state index contributed by atoms with van der Waals surface area (Å²) in [5, 5.41) is 5.67. The summed E-state index contributed by atoms with van der Waals surface area (Å²) in [6.45, 7) is 0.594. The van der Waals surface area contributed by atoms with Crippen LogP contribution in [0.15, 0.2) is 48.5 Å². The van der Waals surface area contributed by atoms with Gasteiger partial charge in [-0.25, -0.2) is 8.78 Å². The molecule has 0 radical (unpaired) electrons. The van der Waals surface area contributed by atoms with Crippen molar-refractivity contribution in [2.75, 3.05) is 11.9 Å². The van der Waals surface area contributed by atoms with Gasteiger partial charge >= 0.3 is 0 Å². The van der Waals surface area contributed by atoms with Crippen molar-refractivity contribution in [1.82, 2.24) is 5.32 Å². The molecule has 0 fully saturated rings. The van der Waals surface area contributed by atoms with Gasteiger partial charge in [-0.3, -0.25) is 4.79 Å². The molecule has 2 N–H and O–H groups in total. The van der Waals surface area contributed by atoms with Gasteiger partial charge in [-0.15, -0.1) is 0 Å². The first-order chi connectivity index (χ1) is 10.1. The van der Waals surface area contributed by atoms with Gasteiger partial charge in [0.1, 0.15) is 11.6 Å². The fourth-order valence-electron chi connectivity index (χ4n) is 1.81. The molecule has 1 amide bonds. The average molecular weight is 290 g/mol. The molecular weight excluding hydrogens is 274 g/mol. The number of halogens is 2. The van der Waals surface area contributed by atoms with Gasteiger partial charge in [-0.05, 0) is 30.3 Å². The largest absolute Gasteiger partial charge is 0.385 e. The van der Waals surface area contributed by atoms with Gasteiger partial charge in [0.15, 0.2) is 0 Å². The van der Waals surface area contributed by atoms with Crippen LogP contribution in [-0.4, -0.2) is 12.5 Å². The number of carbonyl (C=O) groups excluding carboxylic acids is 1. The molecule has 0 aliphatic heterocycles. The molecule has 2 rings (SSSR count). The van der Waals surface area contributed by atoms with Crippen LogP contribution in [0.4, 0.5) is 14.5 Å². The minimum Gasteiger partial charge on any atom is -0.385 e. The van der Waals surface area contributed by atoms with Gasteiger partial charge in [0.05, 0.1) is 0 Å². The van der Waals surface area contributed by atoms with Crippen molar-refractivity contribution >= 4 is 11.6 Å². The molecule has 0 spiro atoms. The third-order valence-electron chi connectivity index (χ3n) is 2.96. The molecule has 0 aliphatic carbocycles. The lowest BCUT2D eigenvalue weighted by atomic mass is 10.2. The predicted molar refractivity (Wildman–Crippen MR) is 77.8 cm³/mol. The van der Waals surface area contributed by atoms with Crippen LogP contribution in [0.2, 0.25) is 0 Å². The maximum absolute atomic E-state index is 13.4. The molecule has 5 heteroatoms. The Labute approximate surface area is 122 Å². The molecular formula is C16H16F2N2O. The lowest BCUT2D eigenvalue weighted by Crippen LogP contribution is -2.25. The fraction of sp³-hybridized carbons (Fsp3) is 0.188. The van der Waals surface area contributed by atoms with Gasteiger partial charge in [-0.1, -0.05) is 18.2 Å². The predicted octanol–water partition coefficient (Wildman–Crippen LogP) is 3.08. The quantitative estimate of drug-likeness (QED) is 0.858. The topological polar surface area (TPSA) is 41.1 Å². The second-order valence-corrected chi connectivity index (χ2v) is 4.55. The summed E-state index contributed by atoms with van der Waals surface area (Å²) in [5.41, 5.74) is 1.20. The molecule has 21 heavy (non-hydrogen) atoms. The first-order valence-corrected chi connectivity index (χ1v) is 6.65. The van der Waals surface area contributed by atoms with Crippen molar-refractivity contribution in [2.45, 2.75) is 13.0 Å². The normalized spacial score (nSPS) is 10.2. The van der Waals surface area contributed by atoms with E-state index < -0.39 is 0 Å². The van der Waals surface area contributed by atoms with E-state index >= 15 is 0 Å². The van der Waals surface area contributed by atoms with E-state index in [-0.39, 0.29) is 30.5 Å². The van der Waals surface area contributed by atoms with Crippen LogP contribution < -0.4 is 10.6 Å². The van der Waals surface area contributed by atoms with Crippen LogP contribution in [0.3, 0.4) is 0 Å². The number of hydrogen-bond acceptors (Lipinski definition) is 2. The van der Waals surface area contributed by atoms with Crippen molar-refractivity contribution in [2.24, 2.45) is 0 Å². The smallest absolute Gasteiger partial charge is 0.222 e. The number of nitrogens with one attached hydrogen (secondary N) is 2. The second-order valence-electron chi connectivity index (χ2n) is 4.55. The van der Waals surface area contributed by atoms with Crippen LogP contribution in [-0.2, 0) is 11.3 Å². The van der Waals surface area contributed by atoms with Crippen molar-refractivity contribution in [1.29, 1.82) is 0 Å². The van der Waals surface area contributed by atoms with E-state index in [1.807, 2.05) is 0 Å². The number of amides is 1. The molecule has 0 saturated carbocycles. The Morgan fingerprint density at radius 3 is 2.43 bits per heavy atom. The SMILES string of the molecule is O=C(CCNc1ccc(F)cc1)NCc1ccccc1F. The zero-order chi connectivity index (χ0) is 15.1. The fourth-order valence-corrected chi connectivity index (χ4v) is 1.81. The lowest BCUT2D eigenvalue weighted by Gasteiger charge is -2.08. The molecule has 2 aromatic rings. The molecule has 0 aliphatic rings. The Morgan fingerprint density at radius 1 is 1.00 bits per heavy atom. The van der Waals surface area contributed by atoms with Gasteiger partial charge in [0, 0.05) is 30.8 Å². The van der Waals surface area contributed by atoms with Crippen LogP contribution in [0.25, 0.3) is 0 Å². The third kappa shape index (κ3) is 4.87. The highest BCUT2D eigenvalue weighted by atomic mass is 19.1. The Bertz CT molecular complexity index is 599. The van der Waals surface area contributed by atoms with Gasteiger partial charge in [-0.2, -0.15) is 0 Å². The van der Waals surface area contributed by atoms with E-state index in [9.17, 15) is 13.6 Å². The van der Waals surface area contributed by atoms with Gasteiger partial charge in [0.25, 0.3) is 0 Å². The summed E-state index contributed by atoms with van der Waals surface area (Å²) >= 11 is 0. The number of anilines is 1. The molecule has 0 bridgehead atoms. The Morgan fingerprint density at radius 2 is 1.71 bits per heavy atom. The third-order valence-corrected chi connectivity index (χ3v) is 2.96. The van der Waals surface area contributed by atoms with E-state index in [1.165, 1.54) is 18.2 Å². The second kappa shape index (κ2) is 7.38. The molecule has 110 valence electrons. The Hall–Kier alpha value is -2.43. The monoisotopic (exact) mass is 290 g/mol. The van der Waals surface area contributed by atoms with E-state index in [0.29, 0.717) is 12.1 Å². The maximum atomic E-state index is 13.4.